The van der Waals surface area contributed by atoms with Crippen molar-refractivity contribution in [3.8, 4) is 0 Å². The highest BCUT2D eigenvalue weighted by Crippen LogP contribution is 2.34. The van der Waals surface area contributed by atoms with E-state index in [-0.39, 0.29) is 40.3 Å². The van der Waals surface area contributed by atoms with E-state index in [9.17, 15) is 18.8 Å². The van der Waals surface area contributed by atoms with E-state index in [1.165, 1.54) is 11.0 Å². The Hall–Kier alpha value is -4.25. The molecular formula is C27H27FN6O3S. The molecule has 196 valence electrons. The molecule has 0 radical (unpaired) electrons. The Kier molecular flexibility index (Phi) is 7.10. The summed E-state index contributed by atoms with van der Waals surface area (Å²) in [5.74, 6) is -2.43. The lowest BCUT2D eigenvalue weighted by Gasteiger charge is -2.32. The van der Waals surface area contributed by atoms with Gasteiger partial charge in [0.15, 0.2) is 5.69 Å². The molecule has 0 bridgehead atoms. The summed E-state index contributed by atoms with van der Waals surface area (Å²) in [6.07, 6.45) is 5.40. The fourth-order valence-corrected chi connectivity index (χ4v) is 5.73. The average molecular weight is 535 g/mol. The van der Waals surface area contributed by atoms with Gasteiger partial charge in [0.05, 0.1) is 12.2 Å². The van der Waals surface area contributed by atoms with Crippen LogP contribution < -0.4 is 16.8 Å². The van der Waals surface area contributed by atoms with Gasteiger partial charge in [-0.05, 0) is 36.5 Å². The molecule has 2 aromatic heterocycles. The molecule has 1 fully saturated rings. The van der Waals surface area contributed by atoms with Gasteiger partial charge >= 0.3 is 0 Å². The molecule has 38 heavy (non-hydrogen) atoms. The first-order valence-corrected chi connectivity index (χ1v) is 13.1. The molecule has 5 rings (SSSR count). The van der Waals surface area contributed by atoms with Gasteiger partial charge in [-0.15, -0.1) is 0 Å². The molecule has 1 aliphatic carbocycles. The molecule has 1 atom stereocenters. The lowest BCUT2D eigenvalue weighted by molar-refractivity contribution is -0.126. The summed E-state index contributed by atoms with van der Waals surface area (Å²) in [7, 11) is 0. The van der Waals surface area contributed by atoms with E-state index in [1.807, 2.05) is 24.3 Å². The third kappa shape index (κ3) is 4.84. The van der Waals surface area contributed by atoms with E-state index in [0.29, 0.717) is 5.56 Å². The van der Waals surface area contributed by atoms with Crippen molar-refractivity contribution in [2.75, 3.05) is 5.73 Å². The SMILES string of the molecule is NC(=O)c1nsc(C(=O)N(Cc2ccccc2F)[C@H](C(=O)NC2CCCC2)c2c[nH]c3ccccc23)c1N. The van der Waals surface area contributed by atoms with Crippen LogP contribution in [0.25, 0.3) is 10.9 Å². The minimum atomic E-state index is -1.13. The monoisotopic (exact) mass is 534 g/mol. The quantitative estimate of drug-likeness (QED) is 0.271. The van der Waals surface area contributed by atoms with Crippen LogP contribution in [0.15, 0.2) is 54.7 Å². The van der Waals surface area contributed by atoms with E-state index in [0.717, 1.165) is 48.1 Å². The maximum absolute atomic E-state index is 14.9. The Labute approximate surface area is 222 Å². The third-order valence-corrected chi connectivity index (χ3v) is 7.74. The summed E-state index contributed by atoms with van der Waals surface area (Å²) in [6, 6.07) is 12.3. The lowest BCUT2D eigenvalue weighted by atomic mass is 10.0. The van der Waals surface area contributed by atoms with E-state index in [2.05, 4.69) is 14.7 Å². The number of halogens is 1. The second kappa shape index (κ2) is 10.6. The standard InChI is InChI=1S/C27H27FN6O3S/c28-19-11-5-1-7-15(19)14-34(27(37)24-21(29)22(25(30)35)33-38-24)23(26(36)32-16-8-2-3-9-16)18-13-31-20-12-6-4-10-17(18)20/h1,4-7,10-13,16,23,31H,2-3,8-9,14,29H2,(H2,30,35)(H,32,36)/t23-/m0/s1. The van der Waals surface area contributed by atoms with Crippen LogP contribution in [0.5, 0.6) is 0 Å². The number of anilines is 1. The first-order valence-electron chi connectivity index (χ1n) is 12.3. The zero-order valence-electron chi connectivity index (χ0n) is 20.4. The number of amides is 3. The predicted octanol–water partition coefficient (Wildman–Crippen LogP) is 3.89. The smallest absolute Gasteiger partial charge is 0.270 e. The number of H-pyrrole nitrogens is 1. The van der Waals surface area contributed by atoms with E-state index in [1.54, 1.807) is 24.4 Å². The first-order chi connectivity index (χ1) is 18.3. The normalized spacial score (nSPS) is 14.4. The number of nitrogens with two attached hydrogens (primary N) is 2. The Morgan fingerprint density at radius 3 is 2.55 bits per heavy atom. The second-order valence-electron chi connectivity index (χ2n) is 9.34. The van der Waals surface area contributed by atoms with E-state index >= 15 is 0 Å². The fourth-order valence-electron chi connectivity index (χ4n) is 4.97. The van der Waals surface area contributed by atoms with Crippen molar-refractivity contribution in [2.24, 2.45) is 5.73 Å². The number of benzene rings is 2. The van der Waals surface area contributed by atoms with Crippen molar-refractivity contribution in [2.45, 2.75) is 44.3 Å². The van der Waals surface area contributed by atoms with Gasteiger partial charge in [-0.3, -0.25) is 14.4 Å². The van der Waals surface area contributed by atoms with Gasteiger partial charge in [0.1, 0.15) is 16.7 Å². The second-order valence-corrected chi connectivity index (χ2v) is 10.1. The van der Waals surface area contributed by atoms with E-state index < -0.39 is 23.7 Å². The minimum Gasteiger partial charge on any atom is -0.395 e. The van der Waals surface area contributed by atoms with Crippen molar-refractivity contribution < 1.29 is 18.8 Å². The topological polar surface area (TPSA) is 147 Å². The van der Waals surface area contributed by atoms with Crippen molar-refractivity contribution >= 4 is 45.8 Å². The summed E-state index contributed by atoms with van der Waals surface area (Å²) in [6.45, 7) is -0.225. The molecular weight excluding hydrogens is 507 g/mol. The van der Waals surface area contributed by atoms with Gasteiger partial charge in [0, 0.05) is 34.3 Å². The number of aromatic nitrogens is 2. The van der Waals surface area contributed by atoms with Gasteiger partial charge in [-0.25, -0.2) is 4.39 Å². The number of nitrogens with one attached hydrogen (secondary N) is 2. The summed E-state index contributed by atoms with van der Waals surface area (Å²) in [5, 5.41) is 3.85. The van der Waals surface area contributed by atoms with Crippen LogP contribution in [0.4, 0.5) is 10.1 Å². The van der Waals surface area contributed by atoms with Crippen molar-refractivity contribution in [3.63, 3.8) is 0 Å². The summed E-state index contributed by atoms with van der Waals surface area (Å²) in [4.78, 5) is 44.2. The molecule has 11 heteroatoms. The van der Waals surface area contributed by atoms with Crippen LogP contribution in [-0.4, -0.2) is 38.0 Å². The number of para-hydroxylation sites is 1. The number of hydrogen-bond acceptors (Lipinski definition) is 6. The van der Waals surface area contributed by atoms with Gasteiger partial charge in [0.25, 0.3) is 11.8 Å². The number of aromatic amines is 1. The molecule has 0 saturated heterocycles. The summed E-state index contributed by atoms with van der Waals surface area (Å²) < 4.78 is 18.8. The van der Waals surface area contributed by atoms with Crippen LogP contribution in [-0.2, 0) is 11.3 Å². The molecule has 4 aromatic rings. The fraction of sp³-hybridized carbons (Fsp3) is 0.259. The zero-order chi connectivity index (χ0) is 26.8. The number of hydrogen-bond donors (Lipinski definition) is 4. The largest absolute Gasteiger partial charge is 0.395 e. The Balaban J connectivity index is 1.65. The maximum atomic E-state index is 14.9. The molecule has 1 aliphatic rings. The van der Waals surface area contributed by atoms with Gasteiger partial charge in [0.2, 0.25) is 5.91 Å². The highest BCUT2D eigenvalue weighted by atomic mass is 32.1. The van der Waals surface area contributed by atoms with Crippen molar-refractivity contribution in [1.29, 1.82) is 0 Å². The highest BCUT2D eigenvalue weighted by Gasteiger charge is 2.37. The van der Waals surface area contributed by atoms with Crippen molar-refractivity contribution in [3.05, 3.63) is 82.2 Å². The number of rotatable bonds is 8. The molecule has 1 saturated carbocycles. The van der Waals surface area contributed by atoms with Crippen LogP contribution in [0.2, 0.25) is 0 Å². The molecule has 0 aliphatic heterocycles. The molecule has 9 nitrogen and oxygen atoms in total. The average Bonchev–Trinajstić information content (AvgIpc) is 3.65. The Morgan fingerprint density at radius 2 is 1.84 bits per heavy atom. The molecule has 6 N–H and O–H groups in total. The summed E-state index contributed by atoms with van der Waals surface area (Å²) in [5.41, 5.74) is 12.6. The number of primary amides is 1. The molecule has 0 spiro atoms. The highest BCUT2D eigenvalue weighted by molar-refractivity contribution is 7.09. The third-order valence-electron chi connectivity index (χ3n) is 6.89. The van der Waals surface area contributed by atoms with Crippen LogP contribution in [0.1, 0.15) is 63.0 Å². The Morgan fingerprint density at radius 1 is 1.13 bits per heavy atom. The van der Waals surface area contributed by atoms with Crippen molar-refractivity contribution in [1.82, 2.24) is 19.6 Å². The van der Waals surface area contributed by atoms with Crippen LogP contribution in [0, 0.1) is 5.82 Å². The number of carbonyl (C=O) groups is 3. The molecule has 2 heterocycles. The van der Waals surface area contributed by atoms with Crippen LogP contribution >= 0.6 is 11.5 Å². The summed E-state index contributed by atoms with van der Waals surface area (Å²) >= 11 is 0.718. The van der Waals surface area contributed by atoms with Crippen LogP contribution in [0.3, 0.4) is 0 Å². The van der Waals surface area contributed by atoms with E-state index in [4.69, 9.17) is 11.5 Å². The van der Waals surface area contributed by atoms with Gasteiger partial charge in [-0.2, -0.15) is 4.37 Å². The zero-order valence-corrected chi connectivity index (χ0v) is 21.3. The predicted molar refractivity (Wildman–Crippen MR) is 143 cm³/mol. The van der Waals surface area contributed by atoms with Gasteiger partial charge < -0.3 is 26.7 Å². The number of nitrogens with zero attached hydrogens (tertiary/aromatic N) is 2. The number of fused-ring (bicyclic) bond motifs is 1. The maximum Gasteiger partial charge on any atom is 0.270 e. The number of carbonyl (C=O) groups excluding carboxylic acids is 3. The number of nitrogen functional groups attached to an aromatic ring is 1. The molecule has 0 unspecified atom stereocenters. The molecule has 2 aromatic carbocycles. The lowest BCUT2D eigenvalue weighted by Crippen LogP contribution is -2.46. The minimum absolute atomic E-state index is 0.0180. The van der Waals surface area contributed by atoms with Gasteiger partial charge in [-0.1, -0.05) is 49.2 Å². The molecule has 3 amide bonds. The Bertz CT molecular complexity index is 1510. The first kappa shape index (κ1) is 25.4.